The summed E-state index contributed by atoms with van der Waals surface area (Å²) in [5.41, 5.74) is 1.88. The molecule has 0 spiro atoms. The van der Waals surface area contributed by atoms with Gasteiger partial charge in [-0.05, 0) is 55.5 Å². The minimum Gasteiger partial charge on any atom is -0.390 e. The van der Waals surface area contributed by atoms with Crippen LogP contribution in [0.5, 0.6) is 0 Å². The molecule has 8 heteroatoms. The van der Waals surface area contributed by atoms with Gasteiger partial charge in [0.05, 0.1) is 18.7 Å². The maximum Gasteiger partial charge on any atom is 0.251 e. The number of likely N-dealkylation sites (tertiary alicyclic amines) is 1. The molecular formula is C25H31FN4O3. The van der Waals surface area contributed by atoms with Gasteiger partial charge in [0.25, 0.3) is 5.91 Å². The number of nitrogens with zero attached hydrogens (tertiary/aromatic N) is 2. The first kappa shape index (κ1) is 23.3. The van der Waals surface area contributed by atoms with Gasteiger partial charge in [0.1, 0.15) is 6.67 Å². The van der Waals surface area contributed by atoms with E-state index in [9.17, 15) is 19.1 Å². The largest absolute Gasteiger partial charge is 0.390 e. The molecule has 2 atom stereocenters. The van der Waals surface area contributed by atoms with Crippen LogP contribution in [-0.4, -0.2) is 64.6 Å². The predicted octanol–water partition coefficient (Wildman–Crippen LogP) is 2.17. The number of amides is 2. The van der Waals surface area contributed by atoms with E-state index in [1.807, 2.05) is 18.3 Å². The molecule has 4 rings (SSSR count). The van der Waals surface area contributed by atoms with Gasteiger partial charge in [-0.25, -0.2) is 4.39 Å². The lowest BCUT2D eigenvalue weighted by Gasteiger charge is -2.34. The predicted molar refractivity (Wildman–Crippen MR) is 122 cm³/mol. The van der Waals surface area contributed by atoms with Gasteiger partial charge in [0, 0.05) is 42.5 Å². The number of rotatable bonds is 7. The zero-order valence-electron chi connectivity index (χ0n) is 18.6. The van der Waals surface area contributed by atoms with Crippen molar-refractivity contribution in [3.05, 3.63) is 65.5 Å². The molecule has 2 aliphatic rings. The highest BCUT2D eigenvalue weighted by Gasteiger charge is 2.37. The van der Waals surface area contributed by atoms with E-state index in [2.05, 4.69) is 26.6 Å². The van der Waals surface area contributed by atoms with Crippen molar-refractivity contribution >= 4 is 11.8 Å². The molecule has 1 aromatic heterocycles. The zero-order valence-corrected chi connectivity index (χ0v) is 18.6. The number of hydrogen-bond acceptors (Lipinski definition) is 5. The summed E-state index contributed by atoms with van der Waals surface area (Å²) >= 11 is 0. The summed E-state index contributed by atoms with van der Waals surface area (Å²) in [5.74, 6) is -0.298. The summed E-state index contributed by atoms with van der Waals surface area (Å²) in [7, 11) is 0. The molecule has 1 saturated heterocycles. The Bertz CT molecular complexity index is 950. The van der Waals surface area contributed by atoms with Gasteiger partial charge >= 0.3 is 0 Å². The number of alkyl halides is 1. The summed E-state index contributed by atoms with van der Waals surface area (Å²) < 4.78 is 12.8. The van der Waals surface area contributed by atoms with Crippen LogP contribution in [0, 0.1) is 0 Å². The first-order chi connectivity index (χ1) is 16.0. The van der Waals surface area contributed by atoms with Gasteiger partial charge < -0.3 is 15.7 Å². The number of aliphatic hydroxyl groups is 1. The number of carbonyl (C=O) groups is 2. The van der Waals surface area contributed by atoms with Crippen LogP contribution in [0.1, 0.15) is 53.2 Å². The number of benzene rings is 1. The van der Waals surface area contributed by atoms with Crippen LogP contribution in [0.4, 0.5) is 4.39 Å². The molecular weight excluding hydrogens is 423 g/mol. The SMILES string of the molecule is O=C(CNC(=O)c1cccc(CF)c1)N[C@H]1CN(C2CCC(c3ccccn3)CC2)C[C@@H]1O. The van der Waals surface area contributed by atoms with Crippen molar-refractivity contribution in [2.75, 3.05) is 19.6 Å². The Hall–Kier alpha value is -2.84. The molecule has 1 aliphatic carbocycles. The van der Waals surface area contributed by atoms with Crippen molar-refractivity contribution in [1.29, 1.82) is 0 Å². The number of hydrogen-bond donors (Lipinski definition) is 3. The Kier molecular flexibility index (Phi) is 7.67. The maximum absolute atomic E-state index is 12.8. The van der Waals surface area contributed by atoms with Crippen molar-refractivity contribution in [1.82, 2.24) is 20.5 Å². The molecule has 176 valence electrons. The molecule has 1 aliphatic heterocycles. The maximum atomic E-state index is 12.8. The van der Waals surface area contributed by atoms with Gasteiger partial charge in [-0.2, -0.15) is 0 Å². The van der Waals surface area contributed by atoms with Gasteiger partial charge in [0.15, 0.2) is 0 Å². The Morgan fingerprint density at radius 2 is 1.91 bits per heavy atom. The fourth-order valence-electron chi connectivity index (χ4n) is 4.93. The quantitative estimate of drug-likeness (QED) is 0.596. The van der Waals surface area contributed by atoms with E-state index < -0.39 is 18.7 Å². The first-order valence-electron chi connectivity index (χ1n) is 11.6. The molecule has 1 saturated carbocycles. The monoisotopic (exact) mass is 454 g/mol. The molecule has 0 radical (unpaired) electrons. The van der Waals surface area contributed by atoms with Crippen LogP contribution in [-0.2, 0) is 11.5 Å². The Morgan fingerprint density at radius 1 is 1.09 bits per heavy atom. The van der Waals surface area contributed by atoms with Gasteiger partial charge in [0.2, 0.25) is 5.91 Å². The smallest absolute Gasteiger partial charge is 0.251 e. The average molecular weight is 455 g/mol. The number of pyridine rings is 1. The highest BCUT2D eigenvalue weighted by molar-refractivity contribution is 5.96. The third-order valence-electron chi connectivity index (χ3n) is 6.74. The second-order valence-electron chi connectivity index (χ2n) is 8.97. The molecule has 3 N–H and O–H groups in total. The Labute approximate surface area is 193 Å². The van der Waals surface area contributed by atoms with Gasteiger partial charge in [-0.1, -0.05) is 18.2 Å². The van der Waals surface area contributed by atoms with E-state index in [0.29, 0.717) is 36.2 Å². The third-order valence-corrected chi connectivity index (χ3v) is 6.74. The van der Waals surface area contributed by atoms with Crippen LogP contribution in [0.2, 0.25) is 0 Å². The molecule has 7 nitrogen and oxygen atoms in total. The van der Waals surface area contributed by atoms with E-state index in [-0.39, 0.29) is 18.5 Å². The molecule has 0 bridgehead atoms. The van der Waals surface area contributed by atoms with E-state index in [0.717, 1.165) is 31.4 Å². The molecule has 0 unspecified atom stereocenters. The fraction of sp³-hybridized carbons (Fsp3) is 0.480. The second kappa shape index (κ2) is 10.9. The van der Waals surface area contributed by atoms with Gasteiger partial charge in [-0.3, -0.25) is 19.5 Å². The molecule has 1 aromatic carbocycles. The first-order valence-corrected chi connectivity index (χ1v) is 11.6. The summed E-state index contributed by atoms with van der Waals surface area (Å²) in [5, 5.41) is 15.9. The van der Waals surface area contributed by atoms with Crippen LogP contribution in [0.15, 0.2) is 48.7 Å². The molecule has 2 amide bonds. The lowest BCUT2D eigenvalue weighted by molar-refractivity contribution is -0.121. The van der Waals surface area contributed by atoms with Crippen molar-refractivity contribution in [3.8, 4) is 0 Å². The molecule has 2 aromatic rings. The lowest BCUT2D eigenvalue weighted by atomic mass is 9.83. The van der Waals surface area contributed by atoms with E-state index in [1.54, 1.807) is 18.2 Å². The summed E-state index contributed by atoms with van der Waals surface area (Å²) in [6.45, 7) is 0.282. The average Bonchev–Trinajstić information content (AvgIpc) is 3.23. The minimum absolute atomic E-state index is 0.197. The zero-order chi connectivity index (χ0) is 23.2. The van der Waals surface area contributed by atoms with E-state index in [1.165, 1.54) is 6.07 Å². The van der Waals surface area contributed by atoms with Gasteiger partial charge in [-0.15, -0.1) is 0 Å². The second-order valence-corrected chi connectivity index (χ2v) is 8.97. The number of nitrogens with one attached hydrogen (secondary N) is 2. The number of β-amino-alcohol motifs (C(OH)–C–C–N with tert-alkyl or cyclic N) is 1. The van der Waals surface area contributed by atoms with Crippen molar-refractivity contribution in [2.24, 2.45) is 0 Å². The minimum atomic E-state index is -0.650. The van der Waals surface area contributed by atoms with Crippen molar-refractivity contribution in [2.45, 2.75) is 56.5 Å². The summed E-state index contributed by atoms with van der Waals surface area (Å²) in [4.78, 5) is 31.4. The summed E-state index contributed by atoms with van der Waals surface area (Å²) in [6.07, 6.45) is 5.43. The number of carbonyl (C=O) groups excluding carboxylic acids is 2. The third kappa shape index (κ3) is 5.94. The molecule has 2 heterocycles. The van der Waals surface area contributed by atoms with Crippen LogP contribution >= 0.6 is 0 Å². The number of aromatic nitrogens is 1. The highest BCUT2D eigenvalue weighted by Crippen LogP contribution is 2.34. The lowest BCUT2D eigenvalue weighted by Crippen LogP contribution is -2.47. The van der Waals surface area contributed by atoms with Crippen molar-refractivity contribution < 1.29 is 19.1 Å². The highest BCUT2D eigenvalue weighted by atomic mass is 19.1. The van der Waals surface area contributed by atoms with E-state index in [4.69, 9.17) is 0 Å². The summed E-state index contributed by atoms with van der Waals surface area (Å²) in [6, 6.07) is 12.3. The van der Waals surface area contributed by atoms with Crippen molar-refractivity contribution in [3.63, 3.8) is 0 Å². The Balaban J connectivity index is 1.22. The standard InChI is InChI=1S/C25H31FN4O3/c26-13-17-4-3-5-19(12-17)25(33)28-14-24(32)29-22-15-30(16-23(22)31)20-9-7-18(8-10-20)21-6-1-2-11-27-21/h1-6,11-12,18,20,22-23,31H,7-10,13-16H2,(H,28,33)(H,29,32)/t18?,20?,22-,23-/m0/s1. The van der Waals surface area contributed by atoms with Crippen LogP contribution in [0.3, 0.4) is 0 Å². The number of aliphatic hydroxyl groups excluding tert-OH is 1. The fourth-order valence-corrected chi connectivity index (χ4v) is 4.93. The Morgan fingerprint density at radius 3 is 2.64 bits per heavy atom. The molecule has 33 heavy (non-hydrogen) atoms. The normalized spacial score (nSPS) is 25.5. The number of halogens is 1. The van der Waals surface area contributed by atoms with E-state index >= 15 is 0 Å². The molecule has 2 fully saturated rings. The topological polar surface area (TPSA) is 94.6 Å². The van der Waals surface area contributed by atoms with Crippen LogP contribution < -0.4 is 10.6 Å². The van der Waals surface area contributed by atoms with Crippen LogP contribution in [0.25, 0.3) is 0 Å².